The number of nitro groups is 1. The molecule has 18 heavy (non-hydrogen) atoms. The van der Waals surface area contributed by atoms with Crippen LogP contribution in [0.25, 0.3) is 0 Å². The Kier molecular flexibility index (Phi) is 5.39. The summed E-state index contributed by atoms with van der Waals surface area (Å²) < 4.78 is 26.4. The highest BCUT2D eigenvalue weighted by Crippen LogP contribution is 2.28. The number of thioether (sulfide) groups is 1. The zero-order valence-electron chi connectivity index (χ0n) is 9.28. The zero-order chi connectivity index (χ0) is 13.5. The highest BCUT2D eigenvalue weighted by Gasteiger charge is 2.20. The summed E-state index contributed by atoms with van der Waals surface area (Å²) in [6.07, 6.45) is 5.04. The minimum absolute atomic E-state index is 0.257. The zero-order valence-corrected chi connectivity index (χ0v) is 10.1. The fourth-order valence-corrected chi connectivity index (χ4v) is 1.75. The predicted molar refractivity (Wildman–Crippen MR) is 67.7 cm³/mol. The second kappa shape index (κ2) is 6.81. The van der Waals surface area contributed by atoms with Crippen LogP contribution in [0.4, 0.5) is 20.2 Å². The SMILES string of the molecule is C#CCSCCNc1c([N+](=O)[O-])ccc(F)c1F. The molecular weight excluding hydrogens is 262 g/mol. The molecule has 0 heterocycles. The van der Waals surface area contributed by atoms with Crippen LogP contribution in [-0.2, 0) is 0 Å². The minimum Gasteiger partial charge on any atom is -0.376 e. The number of rotatable bonds is 6. The Balaban J connectivity index is 2.77. The molecule has 0 saturated heterocycles. The number of benzene rings is 1. The Bertz CT molecular complexity index is 489. The molecule has 4 nitrogen and oxygen atoms in total. The number of hydrogen-bond acceptors (Lipinski definition) is 4. The molecule has 1 N–H and O–H groups in total. The fraction of sp³-hybridized carbons (Fsp3) is 0.273. The van der Waals surface area contributed by atoms with Gasteiger partial charge in [0.2, 0.25) is 0 Å². The van der Waals surface area contributed by atoms with Gasteiger partial charge in [-0.3, -0.25) is 10.1 Å². The third-order valence-electron chi connectivity index (χ3n) is 2.00. The van der Waals surface area contributed by atoms with E-state index in [-0.39, 0.29) is 6.54 Å². The molecule has 0 spiro atoms. The minimum atomic E-state index is -1.24. The number of nitro benzene ring substituents is 1. The molecule has 96 valence electrons. The lowest BCUT2D eigenvalue weighted by molar-refractivity contribution is -0.384. The lowest BCUT2D eigenvalue weighted by atomic mass is 10.2. The van der Waals surface area contributed by atoms with Gasteiger partial charge in [0, 0.05) is 18.4 Å². The fourth-order valence-electron chi connectivity index (χ4n) is 1.24. The van der Waals surface area contributed by atoms with Crippen LogP contribution >= 0.6 is 11.8 Å². The van der Waals surface area contributed by atoms with E-state index in [1.807, 2.05) is 0 Å². The molecule has 0 atom stereocenters. The smallest absolute Gasteiger partial charge is 0.295 e. The summed E-state index contributed by atoms with van der Waals surface area (Å²) in [5, 5.41) is 13.2. The van der Waals surface area contributed by atoms with Gasteiger partial charge in [-0.25, -0.2) is 8.78 Å². The number of terminal acetylenes is 1. The van der Waals surface area contributed by atoms with E-state index in [4.69, 9.17) is 6.42 Å². The van der Waals surface area contributed by atoms with Crippen molar-refractivity contribution in [3.8, 4) is 12.3 Å². The van der Waals surface area contributed by atoms with Crippen molar-refractivity contribution in [2.45, 2.75) is 0 Å². The molecule has 0 aliphatic heterocycles. The summed E-state index contributed by atoms with van der Waals surface area (Å²) in [6.45, 7) is 0.257. The van der Waals surface area contributed by atoms with Crippen molar-refractivity contribution < 1.29 is 13.7 Å². The van der Waals surface area contributed by atoms with Crippen LogP contribution in [0.5, 0.6) is 0 Å². The van der Waals surface area contributed by atoms with E-state index in [9.17, 15) is 18.9 Å². The Morgan fingerprint density at radius 2 is 2.22 bits per heavy atom. The predicted octanol–water partition coefficient (Wildman–Crippen LogP) is 2.65. The second-order valence-electron chi connectivity index (χ2n) is 3.20. The number of halogens is 2. The first-order chi connectivity index (χ1) is 8.57. The highest BCUT2D eigenvalue weighted by atomic mass is 32.2. The molecule has 0 fully saturated rings. The van der Waals surface area contributed by atoms with Crippen molar-refractivity contribution in [2.24, 2.45) is 0 Å². The molecule has 0 saturated carbocycles. The Morgan fingerprint density at radius 3 is 2.83 bits per heavy atom. The van der Waals surface area contributed by atoms with Gasteiger partial charge in [-0.1, -0.05) is 5.92 Å². The van der Waals surface area contributed by atoms with E-state index in [0.29, 0.717) is 11.5 Å². The van der Waals surface area contributed by atoms with Crippen LogP contribution in [0, 0.1) is 34.1 Å². The first kappa shape index (κ1) is 14.3. The maximum absolute atomic E-state index is 13.4. The van der Waals surface area contributed by atoms with Gasteiger partial charge in [-0.2, -0.15) is 0 Å². The number of nitrogens with zero attached hydrogens (tertiary/aromatic N) is 1. The Hall–Kier alpha value is -1.81. The van der Waals surface area contributed by atoms with E-state index >= 15 is 0 Å². The maximum atomic E-state index is 13.4. The van der Waals surface area contributed by atoms with E-state index < -0.39 is 27.9 Å². The van der Waals surface area contributed by atoms with Gasteiger partial charge in [0.1, 0.15) is 0 Å². The van der Waals surface area contributed by atoms with Crippen LogP contribution in [0.15, 0.2) is 12.1 Å². The van der Waals surface area contributed by atoms with E-state index in [1.165, 1.54) is 11.8 Å². The summed E-state index contributed by atoms with van der Waals surface area (Å²) in [4.78, 5) is 9.90. The maximum Gasteiger partial charge on any atom is 0.295 e. The Labute approximate surface area is 107 Å². The van der Waals surface area contributed by atoms with Gasteiger partial charge in [-0.05, 0) is 6.07 Å². The van der Waals surface area contributed by atoms with Crippen molar-refractivity contribution >= 4 is 23.1 Å². The third-order valence-corrected chi connectivity index (χ3v) is 2.87. The molecule has 1 aromatic carbocycles. The normalized spacial score (nSPS) is 9.83. The van der Waals surface area contributed by atoms with Gasteiger partial charge in [0.15, 0.2) is 17.3 Å². The second-order valence-corrected chi connectivity index (χ2v) is 4.30. The van der Waals surface area contributed by atoms with Gasteiger partial charge in [-0.15, -0.1) is 18.2 Å². The summed E-state index contributed by atoms with van der Waals surface area (Å²) in [6, 6.07) is 1.65. The van der Waals surface area contributed by atoms with Gasteiger partial charge in [0.25, 0.3) is 5.69 Å². The van der Waals surface area contributed by atoms with Crippen molar-refractivity contribution in [1.82, 2.24) is 0 Å². The van der Waals surface area contributed by atoms with Crippen molar-refractivity contribution in [2.75, 3.05) is 23.4 Å². The molecule has 0 aromatic heterocycles. The topological polar surface area (TPSA) is 55.2 Å². The summed E-state index contributed by atoms with van der Waals surface area (Å²) >= 11 is 1.41. The van der Waals surface area contributed by atoms with E-state index in [1.54, 1.807) is 0 Å². The average molecular weight is 272 g/mol. The first-order valence-corrected chi connectivity index (χ1v) is 6.11. The van der Waals surface area contributed by atoms with E-state index in [0.717, 1.165) is 12.1 Å². The number of nitrogens with one attached hydrogen (secondary N) is 1. The molecule has 0 radical (unpaired) electrons. The summed E-state index contributed by atoms with van der Waals surface area (Å²) in [5.41, 5.74) is -0.919. The molecule has 7 heteroatoms. The molecule has 1 rings (SSSR count). The molecule has 0 amide bonds. The Morgan fingerprint density at radius 1 is 1.50 bits per heavy atom. The van der Waals surface area contributed by atoms with Crippen LogP contribution in [0.3, 0.4) is 0 Å². The third kappa shape index (κ3) is 3.60. The summed E-state index contributed by atoms with van der Waals surface area (Å²) in [5.74, 6) is 1.07. The van der Waals surface area contributed by atoms with Gasteiger partial charge < -0.3 is 5.32 Å². The number of hydrogen-bond donors (Lipinski definition) is 1. The van der Waals surface area contributed by atoms with Crippen molar-refractivity contribution in [3.05, 3.63) is 33.9 Å². The molecule has 0 aliphatic carbocycles. The van der Waals surface area contributed by atoms with E-state index in [2.05, 4.69) is 11.2 Å². The van der Waals surface area contributed by atoms with Crippen LogP contribution in [0.2, 0.25) is 0 Å². The van der Waals surface area contributed by atoms with Crippen LogP contribution in [-0.4, -0.2) is 23.0 Å². The van der Waals surface area contributed by atoms with Crippen molar-refractivity contribution in [3.63, 3.8) is 0 Å². The summed E-state index contributed by atoms with van der Waals surface area (Å²) in [7, 11) is 0. The average Bonchev–Trinajstić information content (AvgIpc) is 2.33. The standard InChI is InChI=1S/C11H10F2N2O2S/c1-2-6-18-7-5-14-11-9(15(16)17)4-3-8(12)10(11)13/h1,3-4,14H,5-7H2. The lowest BCUT2D eigenvalue weighted by Crippen LogP contribution is -2.09. The molecule has 0 aliphatic rings. The van der Waals surface area contributed by atoms with Crippen LogP contribution < -0.4 is 5.32 Å². The molecular formula is C11H10F2N2O2S. The molecule has 0 unspecified atom stereocenters. The quantitative estimate of drug-likeness (QED) is 0.374. The highest BCUT2D eigenvalue weighted by molar-refractivity contribution is 7.99. The van der Waals surface area contributed by atoms with Crippen molar-refractivity contribution in [1.29, 1.82) is 0 Å². The molecule has 1 aromatic rings. The van der Waals surface area contributed by atoms with Gasteiger partial charge in [0.05, 0.1) is 10.7 Å². The largest absolute Gasteiger partial charge is 0.376 e. The molecule has 0 bridgehead atoms. The monoisotopic (exact) mass is 272 g/mol. The van der Waals surface area contributed by atoms with Gasteiger partial charge >= 0.3 is 0 Å². The first-order valence-electron chi connectivity index (χ1n) is 4.95. The lowest BCUT2D eigenvalue weighted by Gasteiger charge is -2.07. The van der Waals surface area contributed by atoms with Crippen LogP contribution in [0.1, 0.15) is 0 Å². The number of anilines is 1.